The molecule has 1 aromatic heterocycles. The van der Waals surface area contributed by atoms with E-state index in [2.05, 4.69) is 14.9 Å². The number of amides is 1. The maximum absolute atomic E-state index is 11.6. The molecule has 0 aliphatic carbocycles. The Morgan fingerprint density at radius 1 is 1.43 bits per heavy atom. The molecule has 2 fully saturated rings. The average Bonchev–Trinajstić information content (AvgIpc) is 2.55. The van der Waals surface area contributed by atoms with Gasteiger partial charge in [-0.05, 0) is 38.7 Å². The van der Waals surface area contributed by atoms with Crippen LogP contribution in [0.4, 0.5) is 5.82 Å². The van der Waals surface area contributed by atoms with Gasteiger partial charge in [-0.1, -0.05) is 0 Å². The van der Waals surface area contributed by atoms with Gasteiger partial charge in [0.05, 0.1) is 5.60 Å². The second kappa shape index (κ2) is 6.43. The minimum atomic E-state index is -0.0782. The van der Waals surface area contributed by atoms with Gasteiger partial charge in [0.2, 0.25) is 5.91 Å². The Labute approximate surface area is 137 Å². The second-order valence-electron chi connectivity index (χ2n) is 6.76. The van der Waals surface area contributed by atoms with Crippen LogP contribution in [0.25, 0.3) is 0 Å². The van der Waals surface area contributed by atoms with E-state index in [9.17, 15) is 4.79 Å². The molecule has 2 aliphatic rings. The van der Waals surface area contributed by atoms with Crippen LogP contribution in [0.5, 0.6) is 0 Å². The van der Waals surface area contributed by atoms with Gasteiger partial charge in [-0.25, -0.2) is 9.97 Å². The summed E-state index contributed by atoms with van der Waals surface area (Å²) >= 11 is 0. The predicted molar refractivity (Wildman–Crippen MR) is 88.4 cm³/mol. The minimum Gasteiger partial charge on any atom is -0.375 e. The summed E-state index contributed by atoms with van der Waals surface area (Å²) in [5.74, 6) is 1.95. The van der Waals surface area contributed by atoms with Gasteiger partial charge >= 0.3 is 0 Å². The summed E-state index contributed by atoms with van der Waals surface area (Å²) in [6.45, 7) is 6.18. The summed E-state index contributed by atoms with van der Waals surface area (Å²) in [6, 6.07) is 2.27. The van der Waals surface area contributed by atoms with E-state index in [0.717, 1.165) is 57.0 Å². The van der Waals surface area contributed by atoms with Gasteiger partial charge in [0, 0.05) is 45.9 Å². The van der Waals surface area contributed by atoms with Crippen molar-refractivity contribution in [3.05, 3.63) is 18.1 Å². The number of carbonyl (C=O) groups excluding carboxylic acids is 1. The molecular weight excluding hydrogens is 292 g/mol. The normalized spacial score (nSPS) is 23.8. The first-order valence-electron chi connectivity index (χ1n) is 8.41. The Morgan fingerprint density at radius 2 is 2.17 bits per heavy atom. The molecule has 0 radical (unpaired) electrons. The Bertz CT molecular complexity index is 569. The van der Waals surface area contributed by atoms with Crippen LogP contribution in [0.1, 0.15) is 38.4 Å². The number of hydrogen-bond acceptors (Lipinski definition) is 5. The zero-order valence-electron chi connectivity index (χ0n) is 14.3. The number of anilines is 1. The van der Waals surface area contributed by atoms with Gasteiger partial charge in [-0.15, -0.1) is 0 Å². The molecule has 0 saturated carbocycles. The first-order chi connectivity index (χ1) is 11.0. The van der Waals surface area contributed by atoms with Crippen LogP contribution >= 0.6 is 0 Å². The molecule has 1 atom stereocenters. The monoisotopic (exact) mass is 318 g/mol. The van der Waals surface area contributed by atoms with E-state index >= 15 is 0 Å². The fourth-order valence-electron chi connectivity index (χ4n) is 3.70. The molecule has 0 unspecified atom stereocenters. The molecule has 2 aliphatic heterocycles. The number of nitrogens with zero attached hydrogens (tertiary/aromatic N) is 4. The predicted octanol–water partition coefficient (Wildman–Crippen LogP) is 1.78. The van der Waals surface area contributed by atoms with Crippen molar-refractivity contribution in [2.24, 2.45) is 0 Å². The summed E-state index contributed by atoms with van der Waals surface area (Å²) < 4.78 is 6.18. The molecule has 6 nitrogen and oxygen atoms in total. The smallest absolute Gasteiger partial charge is 0.219 e. The SMILES string of the molecule is CC(=O)N(C)[C@@H]1CCOC2(CCN(c3ccnc(C)n3)CC2)C1. The van der Waals surface area contributed by atoms with Crippen LogP contribution in [0, 0.1) is 6.92 Å². The molecule has 0 bridgehead atoms. The third-order valence-electron chi connectivity index (χ3n) is 5.27. The van der Waals surface area contributed by atoms with Gasteiger partial charge in [-0.3, -0.25) is 4.79 Å². The van der Waals surface area contributed by atoms with E-state index in [1.165, 1.54) is 0 Å². The molecule has 3 rings (SSSR count). The van der Waals surface area contributed by atoms with Crippen LogP contribution in [0.3, 0.4) is 0 Å². The van der Waals surface area contributed by atoms with Crippen LogP contribution in [0.15, 0.2) is 12.3 Å². The highest BCUT2D eigenvalue weighted by atomic mass is 16.5. The summed E-state index contributed by atoms with van der Waals surface area (Å²) in [6.07, 6.45) is 5.67. The molecule has 0 aromatic carbocycles. The van der Waals surface area contributed by atoms with Crippen LogP contribution < -0.4 is 4.90 Å². The van der Waals surface area contributed by atoms with Crippen molar-refractivity contribution in [3.63, 3.8) is 0 Å². The Kier molecular flexibility index (Phi) is 4.53. The third-order valence-corrected chi connectivity index (χ3v) is 5.27. The highest BCUT2D eigenvalue weighted by Crippen LogP contribution is 2.37. The van der Waals surface area contributed by atoms with E-state index in [1.807, 2.05) is 31.1 Å². The number of hydrogen-bond donors (Lipinski definition) is 0. The van der Waals surface area contributed by atoms with E-state index in [0.29, 0.717) is 6.04 Å². The molecular formula is C17H26N4O2. The summed E-state index contributed by atoms with van der Waals surface area (Å²) in [5, 5.41) is 0. The molecule has 2 saturated heterocycles. The highest BCUT2D eigenvalue weighted by molar-refractivity contribution is 5.73. The van der Waals surface area contributed by atoms with Crippen molar-refractivity contribution < 1.29 is 9.53 Å². The number of aromatic nitrogens is 2. The minimum absolute atomic E-state index is 0.0782. The van der Waals surface area contributed by atoms with Gasteiger partial charge in [0.25, 0.3) is 0 Å². The molecule has 1 aromatic rings. The van der Waals surface area contributed by atoms with Crippen molar-refractivity contribution >= 4 is 11.7 Å². The fraction of sp³-hybridized carbons (Fsp3) is 0.706. The lowest BCUT2D eigenvalue weighted by molar-refractivity contribution is -0.141. The zero-order chi connectivity index (χ0) is 16.4. The van der Waals surface area contributed by atoms with Crippen LogP contribution in [-0.2, 0) is 9.53 Å². The quantitative estimate of drug-likeness (QED) is 0.832. The lowest BCUT2D eigenvalue weighted by atomic mass is 9.82. The summed E-state index contributed by atoms with van der Waals surface area (Å²) in [7, 11) is 1.91. The van der Waals surface area contributed by atoms with Crippen molar-refractivity contribution in [2.45, 2.75) is 51.2 Å². The summed E-state index contributed by atoms with van der Waals surface area (Å²) in [4.78, 5) is 24.5. The van der Waals surface area contributed by atoms with Gasteiger partial charge < -0.3 is 14.5 Å². The van der Waals surface area contributed by atoms with Gasteiger partial charge in [0.15, 0.2) is 0 Å². The number of carbonyl (C=O) groups is 1. The lowest BCUT2D eigenvalue weighted by Gasteiger charge is -2.48. The van der Waals surface area contributed by atoms with Crippen molar-refractivity contribution in [1.82, 2.24) is 14.9 Å². The van der Waals surface area contributed by atoms with Crippen LogP contribution in [0.2, 0.25) is 0 Å². The summed E-state index contributed by atoms with van der Waals surface area (Å²) in [5.41, 5.74) is -0.0782. The maximum Gasteiger partial charge on any atom is 0.219 e. The number of aryl methyl sites for hydroxylation is 1. The average molecular weight is 318 g/mol. The first kappa shape index (κ1) is 16.2. The number of rotatable bonds is 2. The van der Waals surface area contributed by atoms with Gasteiger partial charge in [0.1, 0.15) is 11.6 Å². The number of ether oxygens (including phenoxy) is 1. The van der Waals surface area contributed by atoms with E-state index in [-0.39, 0.29) is 11.5 Å². The molecule has 6 heteroatoms. The Morgan fingerprint density at radius 3 is 2.83 bits per heavy atom. The Hall–Kier alpha value is -1.69. The van der Waals surface area contributed by atoms with Crippen molar-refractivity contribution in [2.75, 3.05) is 31.6 Å². The molecule has 23 heavy (non-hydrogen) atoms. The fourth-order valence-corrected chi connectivity index (χ4v) is 3.70. The topological polar surface area (TPSA) is 58.6 Å². The third kappa shape index (κ3) is 3.47. The van der Waals surface area contributed by atoms with Crippen molar-refractivity contribution in [3.8, 4) is 0 Å². The standard InChI is InChI=1S/C17H26N4O2/c1-13-18-8-4-16(19-13)21-9-6-17(7-10-21)12-15(5-11-23-17)20(3)14(2)22/h4,8,15H,5-7,9-12H2,1-3H3/t15-/m1/s1. The number of piperidine rings is 1. The Balaban J connectivity index is 1.64. The molecule has 0 N–H and O–H groups in total. The molecule has 1 spiro atoms. The van der Waals surface area contributed by atoms with Gasteiger partial charge in [-0.2, -0.15) is 0 Å². The second-order valence-corrected chi connectivity index (χ2v) is 6.76. The van der Waals surface area contributed by atoms with E-state index in [4.69, 9.17) is 4.74 Å². The largest absolute Gasteiger partial charge is 0.375 e. The first-order valence-corrected chi connectivity index (χ1v) is 8.41. The maximum atomic E-state index is 11.6. The lowest BCUT2D eigenvalue weighted by Crippen LogP contribution is -2.54. The van der Waals surface area contributed by atoms with E-state index in [1.54, 1.807) is 6.92 Å². The van der Waals surface area contributed by atoms with E-state index < -0.39 is 0 Å². The zero-order valence-corrected chi connectivity index (χ0v) is 14.3. The molecule has 126 valence electrons. The van der Waals surface area contributed by atoms with Crippen LogP contribution in [-0.4, -0.2) is 59.2 Å². The molecule has 1 amide bonds. The highest BCUT2D eigenvalue weighted by Gasteiger charge is 2.41. The molecule has 3 heterocycles. The van der Waals surface area contributed by atoms with Crippen molar-refractivity contribution in [1.29, 1.82) is 0 Å².